The number of fused-ring (bicyclic) bond motifs is 1. The van der Waals surface area contributed by atoms with E-state index in [1.807, 2.05) is 0 Å². The first kappa shape index (κ1) is 17.9. The van der Waals surface area contributed by atoms with Crippen LogP contribution in [0, 0.1) is 0 Å². The van der Waals surface area contributed by atoms with E-state index in [1.54, 1.807) is 24.3 Å². The summed E-state index contributed by atoms with van der Waals surface area (Å²) in [6, 6.07) is 8.16. The third kappa shape index (κ3) is 4.02. The van der Waals surface area contributed by atoms with Crippen molar-refractivity contribution in [2.75, 3.05) is 23.7 Å². The van der Waals surface area contributed by atoms with Crippen LogP contribution in [0.3, 0.4) is 0 Å². The van der Waals surface area contributed by atoms with Gasteiger partial charge >= 0.3 is 5.97 Å². The number of hydrogen-bond donors (Lipinski definition) is 0. The first-order valence-electron chi connectivity index (χ1n) is 7.87. The van der Waals surface area contributed by atoms with Gasteiger partial charge in [-0.1, -0.05) is 0 Å². The minimum Gasteiger partial charge on any atom is -0.465 e. The smallest absolute Gasteiger partial charge is 0.331 e. The average Bonchev–Trinajstić information content (AvgIpc) is 3.25. The fraction of sp³-hybridized carbons (Fsp3) is 0.222. The Morgan fingerprint density at radius 2 is 2.12 bits per heavy atom. The van der Waals surface area contributed by atoms with Crippen molar-refractivity contribution >= 4 is 33.5 Å². The molecule has 2 aromatic rings. The Morgan fingerprint density at radius 1 is 1.31 bits per heavy atom. The van der Waals surface area contributed by atoms with Crippen molar-refractivity contribution < 1.29 is 27.2 Å². The lowest BCUT2D eigenvalue weighted by Crippen LogP contribution is -2.27. The summed E-state index contributed by atoms with van der Waals surface area (Å²) in [5.41, 5.74) is 1.75. The molecule has 136 valence electrons. The van der Waals surface area contributed by atoms with E-state index in [4.69, 9.17) is 9.15 Å². The quantitative estimate of drug-likeness (QED) is 0.436. The molecule has 0 unspecified atom stereocenters. The lowest BCUT2D eigenvalue weighted by Gasteiger charge is -2.16. The van der Waals surface area contributed by atoms with Gasteiger partial charge in [-0.15, -0.1) is 0 Å². The summed E-state index contributed by atoms with van der Waals surface area (Å²) in [6.07, 6.45) is 5.79. The van der Waals surface area contributed by atoms with Gasteiger partial charge in [0.2, 0.25) is 10.0 Å². The van der Waals surface area contributed by atoms with E-state index in [-0.39, 0.29) is 5.78 Å². The molecular weight excluding hydrogens is 358 g/mol. The second kappa shape index (κ2) is 7.17. The Hall–Kier alpha value is -2.87. The zero-order valence-corrected chi connectivity index (χ0v) is 14.9. The monoisotopic (exact) mass is 375 g/mol. The first-order chi connectivity index (χ1) is 12.3. The molecule has 1 aromatic heterocycles. The Kier molecular flexibility index (Phi) is 4.94. The predicted molar refractivity (Wildman–Crippen MR) is 95.4 cm³/mol. The van der Waals surface area contributed by atoms with Crippen molar-refractivity contribution in [2.45, 2.75) is 6.42 Å². The molecule has 0 amide bonds. The third-order valence-electron chi connectivity index (χ3n) is 3.93. The molecule has 0 bridgehead atoms. The number of anilines is 1. The van der Waals surface area contributed by atoms with Crippen molar-refractivity contribution in [3.8, 4) is 0 Å². The highest BCUT2D eigenvalue weighted by Gasteiger charge is 2.26. The maximum Gasteiger partial charge on any atom is 0.331 e. The summed E-state index contributed by atoms with van der Waals surface area (Å²) in [5, 5.41) is 0. The SMILES string of the molecule is CS(=O)(=O)N1CCc2cc(C(=O)COC(=O)/C=C/c3ccco3)ccc21. The number of rotatable bonds is 6. The van der Waals surface area contributed by atoms with Crippen molar-refractivity contribution in [3.63, 3.8) is 0 Å². The summed E-state index contributed by atoms with van der Waals surface area (Å²) in [4.78, 5) is 23.8. The van der Waals surface area contributed by atoms with Crippen LogP contribution in [-0.2, 0) is 26.0 Å². The second-order valence-electron chi connectivity index (χ2n) is 5.81. The number of nitrogens with zero attached hydrogens (tertiary/aromatic N) is 1. The average molecular weight is 375 g/mol. The lowest BCUT2D eigenvalue weighted by molar-refractivity contribution is -0.136. The number of ether oxygens (including phenoxy) is 1. The van der Waals surface area contributed by atoms with E-state index in [9.17, 15) is 18.0 Å². The molecule has 0 radical (unpaired) electrons. The molecule has 0 N–H and O–H groups in total. The van der Waals surface area contributed by atoms with Crippen molar-refractivity contribution in [3.05, 3.63) is 59.6 Å². The molecule has 0 spiro atoms. The molecule has 0 atom stereocenters. The minimum absolute atomic E-state index is 0.356. The zero-order chi connectivity index (χ0) is 18.7. The van der Waals surface area contributed by atoms with Crippen molar-refractivity contribution in [1.29, 1.82) is 0 Å². The van der Waals surface area contributed by atoms with Crippen LogP contribution >= 0.6 is 0 Å². The highest BCUT2D eigenvalue weighted by molar-refractivity contribution is 7.92. The number of furan rings is 1. The predicted octanol–water partition coefficient (Wildman–Crippen LogP) is 2.04. The van der Waals surface area contributed by atoms with E-state index in [0.717, 1.165) is 11.8 Å². The number of ketones is 1. The van der Waals surface area contributed by atoms with Crippen LogP contribution in [0.25, 0.3) is 6.08 Å². The standard InChI is InChI=1S/C18H17NO6S/c1-26(22,23)19-9-8-13-11-14(4-6-16(13)19)17(20)12-25-18(21)7-5-15-3-2-10-24-15/h2-7,10-11H,8-9,12H2,1H3/b7-5+. The topological polar surface area (TPSA) is 93.9 Å². The molecule has 0 saturated carbocycles. The highest BCUT2D eigenvalue weighted by atomic mass is 32.2. The van der Waals surface area contributed by atoms with Gasteiger partial charge in [-0.25, -0.2) is 13.2 Å². The number of sulfonamides is 1. The van der Waals surface area contributed by atoms with Gasteiger partial charge in [0.1, 0.15) is 5.76 Å². The maximum atomic E-state index is 12.2. The van der Waals surface area contributed by atoms with Crippen LogP contribution in [-0.4, -0.2) is 39.6 Å². The molecule has 1 aliphatic heterocycles. The van der Waals surface area contributed by atoms with Crippen LogP contribution in [0.5, 0.6) is 0 Å². The lowest BCUT2D eigenvalue weighted by atomic mass is 10.1. The minimum atomic E-state index is -3.33. The molecule has 2 heterocycles. The van der Waals surface area contributed by atoms with Gasteiger partial charge in [0.15, 0.2) is 12.4 Å². The Balaban J connectivity index is 1.61. The molecule has 26 heavy (non-hydrogen) atoms. The number of benzene rings is 1. The number of esters is 1. The summed E-state index contributed by atoms with van der Waals surface area (Å²) in [5.74, 6) is -0.508. The van der Waals surface area contributed by atoms with Crippen molar-refractivity contribution in [2.24, 2.45) is 0 Å². The molecule has 0 fully saturated rings. The molecular formula is C18H17NO6S. The van der Waals surface area contributed by atoms with E-state index >= 15 is 0 Å². The van der Waals surface area contributed by atoms with Crippen LogP contribution in [0.4, 0.5) is 5.69 Å². The van der Waals surface area contributed by atoms with Gasteiger partial charge in [-0.05, 0) is 48.4 Å². The van der Waals surface area contributed by atoms with Gasteiger partial charge in [0, 0.05) is 18.2 Å². The summed E-state index contributed by atoms with van der Waals surface area (Å²) in [7, 11) is -3.33. The maximum absolute atomic E-state index is 12.2. The number of carbonyl (C=O) groups is 2. The van der Waals surface area contributed by atoms with Crippen molar-refractivity contribution in [1.82, 2.24) is 0 Å². The molecule has 1 aliphatic rings. The Labute approximate surface area is 150 Å². The number of hydrogen-bond acceptors (Lipinski definition) is 6. The van der Waals surface area contributed by atoms with E-state index in [1.165, 1.54) is 28.8 Å². The van der Waals surface area contributed by atoms with E-state index in [0.29, 0.717) is 30.0 Å². The summed E-state index contributed by atoms with van der Waals surface area (Å²) < 4.78 is 34.7. The summed E-state index contributed by atoms with van der Waals surface area (Å²) in [6.45, 7) is -0.0335. The molecule has 0 aliphatic carbocycles. The fourth-order valence-corrected chi connectivity index (χ4v) is 3.65. The number of carbonyl (C=O) groups excluding carboxylic acids is 2. The third-order valence-corrected chi connectivity index (χ3v) is 5.11. The molecule has 3 rings (SSSR count). The molecule has 0 saturated heterocycles. The molecule has 1 aromatic carbocycles. The Morgan fingerprint density at radius 3 is 2.81 bits per heavy atom. The van der Waals surface area contributed by atoms with Crippen LogP contribution in [0.1, 0.15) is 21.7 Å². The van der Waals surface area contributed by atoms with Crippen LogP contribution < -0.4 is 4.31 Å². The van der Waals surface area contributed by atoms with Gasteiger partial charge in [-0.2, -0.15) is 0 Å². The van der Waals surface area contributed by atoms with Gasteiger partial charge in [0.25, 0.3) is 0 Å². The van der Waals surface area contributed by atoms with Gasteiger partial charge < -0.3 is 9.15 Å². The van der Waals surface area contributed by atoms with E-state index in [2.05, 4.69) is 0 Å². The molecule has 7 nitrogen and oxygen atoms in total. The largest absolute Gasteiger partial charge is 0.465 e. The van der Waals surface area contributed by atoms with Crippen LogP contribution in [0.15, 0.2) is 47.1 Å². The highest BCUT2D eigenvalue weighted by Crippen LogP contribution is 2.30. The second-order valence-corrected chi connectivity index (χ2v) is 7.72. The fourth-order valence-electron chi connectivity index (χ4n) is 2.69. The molecule has 8 heteroatoms. The normalized spacial score (nSPS) is 13.8. The first-order valence-corrected chi connectivity index (χ1v) is 9.71. The van der Waals surface area contributed by atoms with Gasteiger partial charge in [-0.3, -0.25) is 9.10 Å². The summed E-state index contributed by atoms with van der Waals surface area (Å²) >= 11 is 0. The van der Waals surface area contributed by atoms with Crippen LogP contribution in [0.2, 0.25) is 0 Å². The Bertz CT molecular complexity index is 960. The zero-order valence-electron chi connectivity index (χ0n) is 14.0. The number of Topliss-reactive ketones (excluding diaryl/α,β-unsaturated/α-hetero) is 1. The van der Waals surface area contributed by atoms with E-state index < -0.39 is 22.6 Å². The van der Waals surface area contributed by atoms with Gasteiger partial charge in [0.05, 0.1) is 18.2 Å².